The molecule has 1 heterocycles. The molecular weight excluding hydrogens is 710 g/mol. The first kappa shape index (κ1) is 42.1. The summed E-state index contributed by atoms with van der Waals surface area (Å²) in [5, 5.41) is 0. The zero-order valence-electron chi connectivity index (χ0n) is 25.3. The molecule has 49 heavy (non-hydrogen) atoms. The van der Waals surface area contributed by atoms with Gasteiger partial charge in [-0.2, -0.15) is 43.9 Å². The van der Waals surface area contributed by atoms with E-state index in [9.17, 15) is 61.5 Å². The first-order valence-corrected chi connectivity index (χ1v) is 14.3. The van der Waals surface area contributed by atoms with Gasteiger partial charge in [-0.25, -0.2) is 28.6 Å². The van der Waals surface area contributed by atoms with E-state index in [0.29, 0.717) is 11.4 Å². The molecule has 1 atom stereocenters. The summed E-state index contributed by atoms with van der Waals surface area (Å²) >= 11 is 0. The minimum Gasteiger partial charge on any atom is -0.490 e. The van der Waals surface area contributed by atoms with Crippen molar-refractivity contribution in [1.29, 1.82) is 0 Å². The maximum atomic E-state index is 14.1. The third-order valence-corrected chi connectivity index (χ3v) is 6.09. The van der Waals surface area contributed by atoms with Crippen molar-refractivity contribution in [2.75, 3.05) is 19.8 Å². The second-order valence-corrected chi connectivity index (χ2v) is 10.3. The number of ether oxygens (including phenoxy) is 5. The maximum Gasteiger partial charge on any atom is 0.527 e. The van der Waals surface area contributed by atoms with Gasteiger partial charge in [-0.1, -0.05) is 39.0 Å². The number of alkyl halides is 14. The van der Waals surface area contributed by atoms with Gasteiger partial charge in [0.05, 0.1) is 6.61 Å². The summed E-state index contributed by atoms with van der Waals surface area (Å²) in [6.07, 6.45) is -31.5. The minimum absolute atomic E-state index is 0.0737. The van der Waals surface area contributed by atoms with Crippen LogP contribution in [0.25, 0.3) is 11.4 Å². The molecule has 0 aliphatic heterocycles. The van der Waals surface area contributed by atoms with Gasteiger partial charge in [0.1, 0.15) is 19.0 Å². The molecule has 2 aromatic rings. The maximum absolute atomic E-state index is 14.1. The number of halogens is 14. The topological polar surface area (TPSA) is 71.9 Å². The zero-order valence-corrected chi connectivity index (χ0v) is 25.3. The molecule has 1 unspecified atom stereocenters. The molecule has 280 valence electrons. The van der Waals surface area contributed by atoms with Gasteiger partial charge in [0.15, 0.2) is 12.0 Å². The van der Waals surface area contributed by atoms with Crippen molar-refractivity contribution in [2.45, 2.75) is 94.9 Å². The van der Waals surface area contributed by atoms with Crippen molar-refractivity contribution >= 4 is 0 Å². The molecule has 0 saturated heterocycles. The minimum atomic E-state index is -7.15. The van der Waals surface area contributed by atoms with Gasteiger partial charge in [-0.05, 0) is 42.7 Å². The number of hydrogen-bond acceptors (Lipinski definition) is 7. The molecular formula is C28H30F14N2O5. The second-order valence-electron chi connectivity index (χ2n) is 10.3. The Morgan fingerprint density at radius 3 is 1.69 bits per heavy atom. The Morgan fingerprint density at radius 1 is 0.633 bits per heavy atom. The number of aromatic nitrogens is 2. The van der Waals surface area contributed by atoms with Crippen molar-refractivity contribution < 1.29 is 85.2 Å². The Labute approximate surface area is 269 Å². The van der Waals surface area contributed by atoms with Crippen molar-refractivity contribution in [3.8, 4) is 17.1 Å². The molecule has 0 aliphatic carbocycles. The van der Waals surface area contributed by atoms with E-state index in [0.717, 1.165) is 37.7 Å². The number of unbranched alkanes of at least 4 members (excludes halogenated alkanes) is 5. The predicted octanol–water partition coefficient (Wildman–Crippen LogP) is 9.31. The molecule has 2 rings (SSSR count). The highest BCUT2D eigenvalue weighted by Gasteiger charge is 2.74. The molecule has 0 spiro atoms. The van der Waals surface area contributed by atoms with Gasteiger partial charge in [-0.3, -0.25) is 0 Å². The van der Waals surface area contributed by atoms with Crippen LogP contribution in [0.1, 0.15) is 51.0 Å². The van der Waals surface area contributed by atoms with E-state index in [1.807, 2.05) is 0 Å². The van der Waals surface area contributed by atoms with E-state index < -0.39 is 62.9 Å². The lowest BCUT2D eigenvalue weighted by molar-refractivity contribution is -0.564. The van der Waals surface area contributed by atoms with E-state index in [1.54, 1.807) is 21.9 Å². The molecule has 7 nitrogen and oxygen atoms in total. The van der Waals surface area contributed by atoms with Crippen LogP contribution in [0.15, 0.2) is 36.7 Å². The van der Waals surface area contributed by atoms with Crippen LogP contribution in [0, 0.1) is 0 Å². The van der Waals surface area contributed by atoms with Gasteiger partial charge >= 0.3 is 36.9 Å². The van der Waals surface area contributed by atoms with Crippen LogP contribution < -0.4 is 4.74 Å². The molecule has 21 heteroatoms. The van der Waals surface area contributed by atoms with Crippen molar-refractivity contribution in [3.05, 3.63) is 42.2 Å². The normalized spacial score (nSPS) is 14.3. The Kier molecular flexibility index (Phi) is 14.8. The average molecular weight is 741 g/mol. The third kappa shape index (κ3) is 14.0. The number of hydrogen-bond donors (Lipinski definition) is 0. The van der Waals surface area contributed by atoms with Crippen LogP contribution >= 0.6 is 0 Å². The van der Waals surface area contributed by atoms with Crippen LogP contribution in [0.3, 0.4) is 0 Å². The standard InChI is InChI=1S/C28H30F14N2O5/c1-2-3-4-5-6-7-8-18-13-43-22(44-14-18)19-9-11-21(12-10-19)46-16-20(29)15-45-17-23(30,31)47-24(32,33)25(34,35)48-26(36,37)27(38,39)49-28(40,41)42/h9-14,20H,2-8,15-17H2,1H3. The second kappa shape index (κ2) is 17.3. The van der Waals surface area contributed by atoms with E-state index >= 15 is 0 Å². The number of nitrogens with zero attached hydrogens (tertiary/aromatic N) is 2. The number of benzene rings is 1. The molecule has 1 aromatic carbocycles. The summed E-state index contributed by atoms with van der Waals surface area (Å²) in [6, 6.07) is 5.83. The van der Waals surface area contributed by atoms with Gasteiger partial charge < -0.3 is 9.47 Å². The summed E-state index contributed by atoms with van der Waals surface area (Å²) in [6.45, 7) is -2.48. The van der Waals surface area contributed by atoms with Crippen LogP contribution in [0.2, 0.25) is 0 Å². The fourth-order valence-electron chi connectivity index (χ4n) is 3.74. The molecule has 1 aromatic heterocycles. The Balaban J connectivity index is 1.81. The fraction of sp³-hybridized carbons (Fsp3) is 0.643. The first-order chi connectivity index (χ1) is 22.5. The molecule has 0 fully saturated rings. The van der Waals surface area contributed by atoms with Crippen molar-refractivity contribution in [2.24, 2.45) is 0 Å². The lowest BCUT2D eigenvalue weighted by Crippen LogP contribution is -2.57. The lowest BCUT2D eigenvalue weighted by atomic mass is 10.1. The third-order valence-electron chi connectivity index (χ3n) is 6.09. The van der Waals surface area contributed by atoms with Gasteiger partial charge in [0, 0.05) is 18.0 Å². The zero-order chi connectivity index (χ0) is 37.2. The summed E-state index contributed by atoms with van der Waals surface area (Å²) in [4.78, 5) is 8.61. The van der Waals surface area contributed by atoms with Crippen LogP contribution in [0.4, 0.5) is 61.5 Å². The van der Waals surface area contributed by atoms with Crippen LogP contribution in [-0.2, 0) is 25.4 Å². The highest BCUT2D eigenvalue weighted by molar-refractivity contribution is 5.55. The van der Waals surface area contributed by atoms with Gasteiger partial charge in [-0.15, -0.1) is 13.2 Å². The van der Waals surface area contributed by atoms with Gasteiger partial charge in [0.25, 0.3) is 0 Å². The van der Waals surface area contributed by atoms with Crippen molar-refractivity contribution in [3.63, 3.8) is 0 Å². The Morgan fingerprint density at radius 2 is 1.14 bits per heavy atom. The van der Waals surface area contributed by atoms with Crippen LogP contribution in [-0.4, -0.2) is 72.9 Å². The fourth-order valence-corrected chi connectivity index (χ4v) is 3.74. The smallest absolute Gasteiger partial charge is 0.490 e. The number of aryl methyl sites for hydroxylation is 1. The van der Waals surface area contributed by atoms with E-state index in [4.69, 9.17) is 4.74 Å². The predicted molar refractivity (Wildman–Crippen MR) is 140 cm³/mol. The highest BCUT2D eigenvalue weighted by atomic mass is 19.4. The largest absolute Gasteiger partial charge is 0.527 e. The molecule has 0 bridgehead atoms. The lowest BCUT2D eigenvalue weighted by Gasteiger charge is -2.33. The van der Waals surface area contributed by atoms with Crippen LogP contribution in [0.5, 0.6) is 5.75 Å². The Hall–Kier alpha value is -3.04. The quantitative estimate of drug-likeness (QED) is 0.0881. The summed E-state index contributed by atoms with van der Waals surface area (Å²) in [5.74, 6) is 0.458. The SMILES string of the molecule is CCCCCCCCc1cnc(-c2ccc(OCC(F)COCC(F)(F)OC(F)(F)C(F)(F)OC(F)(F)C(F)(F)OC(F)(F)F)cc2)nc1. The van der Waals surface area contributed by atoms with E-state index in [2.05, 4.69) is 26.4 Å². The van der Waals surface area contributed by atoms with Gasteiger partial charge in [0.2, 0.25) is 0 Å². The molecule has 0 radical (unpaired) electrons. The first-order valence-electron chi connectivity index (χ1n) is 14.3. The van der Waals surface area contributed by atoms with E-state index in [1.165, 1.54) is 37.1 Å². The highest BCUT2D eigenvalue weighted by Crippen LogP contribution is 2.48. The average Bonchev–Trinajstić information content (AvgIpc) is 2.96. The summed E-state index contributed by atoms with van der Waals surface area (Å²) < 4.78 is 198. The summed E-state index contributed by atoms with van der Waals surface area (Å²) in [7, 11) is 0. The molecule has 0 saturated carbocycles. The molecule has 0 N–H and O–H groups in total. The monoisotopic (exact) mass is 740 g/mol. The summed E-state index contributed by atoms with van der Waals surface area (Å²) in [5.41, 5.74) is 1.53. The van der Waals surface area contributed by atoms with E-state index in [-0.39, 0.29) is 5.75 Å². The molecule has 0 aliphatic rings. The Bertz CT molecular complexity index is 1270. The van der Waals surface area contributed by atoms with Crippen molar-refractivity contribution in [1.82, 2.24) is 9.97 Å². The number of rotatable bonds is 22. The molecule has 0 amide bonds.